The fourth-order valence-electron chi connectivity index (χ4n) is 4.46. The highest BCUT2D eigenvalue weighted by atomic mass is 32.2. The van der Waals surface area contributed by atoms with Crippen molar-refractivity contribution in [3.63, 3.8) is 0 Å². The van der Waals surface area contributed by atoms with Crippen LogP contribution in [0, 0.1) is 17.7 Å². The maximum absolute atomic E-state index is 13.2. The first kappa shape index (κ1) is 24.6. The maximum Gasteiger partial charge on any atom is 0.243 e. The summed E-state index contributed by atoms with van der Waals surface area (Å²) in [6, 6.07) is 4.22. The van der Waals surface area contributed by atoms with E-state index in [9.17, 15) is 22.4 Å². The van der Waals surface area contributed by atoms with E-state index in [0.29, 0.717) is 19.4 Å². The Balaban J connectivity index is 1.67. The lowest BCUT2D eigenvalue weighted by atomic mass is 9.94. The van der Waals surface area contributed by atoms with Gasteiger partial charge in [-0.3, -0.25) is 9.59 Å². The highest BCUT2D eigenvalue weighted by molar-refractivity contribution is 7.89. The van der Waals surface area contributed by atoms with Crippen molar-refractivity contribution in [2.75, 3.05) is 13.1 Å². The van der Waals surface area contributed by atoms with Gasteiger partial charge in [0.05, 0.1) is 10.8 Å². The van der Waals surface area contributed by atoms with Crippen LogP contribution in [-0.4, -0.2) is 49.7 Å². The average Bonchev–Trinajstić information content (AvgIpc) is 3.30. The van der Waals surface area contributed by atoms with Gasteiger partial charge in [-0.2, -0.15) is 4.31 Å². The Bertz CT molecular complexity index is 900. The van der Waals surface area contributed by atoms with Gasteiger partial charge in [0.1, 0.15) is 11.9 Å². The molecule has 9 heteroatoms. The number of hydrogen-bond donors (Lipinski definition) is 2. The summed E-state index contributed by atoms with van der Waals surface area (Å²) in [5.41, 5.74) is 0. The molecule has 178 valence electrons. The minimum atomic E-state index is -3.82. The van der Waals surface area contributed by atoms with E-state index in [2.05, 4.69) is 10.6 Å². The summed E-state index contributed by atoms with van der Waals surface area (Å²) in [4.78, 5) is 26.0. The van der Waals surface area contributed by atoms with E-state index < -0.39 is 27.8 Å². The summed E-state index contributed by atoms with van der Waals surface area (Å²) >= 11 is 0. The Morgan fingerprint density at radius 1 is 1.12 bits per heavy atom. The summed E-state index contributed by atoms with van der Waals surface area (Å²) in [6.07, 6.45) is 5.97. The third kappa shape index (κ3) is 5.86. The number of rotatable bonds is 8. The quantitative estimate of drug-likeness (QED) is 0.615. The van der Waals surface area contributed by atoms with Gasteiger partial charge in [-0.05, 0) is 55.9 Å². The molecule has 0 bridgehead atoms. The lowest BCUT2D eigenvalue weighted by Crippen LogP contribution is -2.55. The Morgan fingerprint density at radius 2 is 1.78 bits per heavy atom. The second-order valence-corrected chi connectivity index (χ2v) is 11.0. The number of carbonyl (C=O) groups is 2. The fourth-order valence-corrected chi connectivity index (χ4v) is 5.99. The van der Waals surface area contributed by atoms with E-state index in [0.717, 1.165) is 44.2 Å². The van der Waals surface area contributed by atoms with E-state index in [4.69, 9.17) is 0 Å². The monoisotopic (exact) mass is 467 g/mol. The average molecular weight is 468 g/mol. The van der Waals surface area contributed by atoms with E-state index in [1.165, 1.54) is 16.4 Å². The van der Waals surface area contributed by atoms with Gasteiger partial charge in [-0.15, -0.1) is 0 Å². The standard InChI is InChI=1S/C23H34FN3O4S/c1-3-16(2)21(23(29)25-19-8-4-5-9-19)26-22(28)17-7-6-14-27(15-17)32(30,31)20-12-10-18(24)11-13-20/h10-13,16-17,19,21H,3-9,14-15H2,1-2H3,(H,25,29)(H,26,28)/t16-,17+,21+/m1/s1. The molecule has 0 radical (unpaired) electrons. The molecule has 1 aliphatic heterocycles. The number of piperidine rings is 1. The summed E-state index contributed by atoms with van der Waals surface area (Å²) in [6.45, 7) is 4.26. The van der Waals surface area contributed by atoms with Crippen molar-refractivity contribution in [3.8, 4) is 0 Å². The maximum atomic E-state index is 13.2. The molecule has 1 heterocycles. The largest absolute Gasteiger partial charge is 0.352 e. The first-order chi connectivity index (χ1) is 15.2. The number of amides is 2. The number of hydrogen-bond acceptors (Lipinski definition) is 4. The second-order valence-electron chi connectivity index (χ2n) is 9.02. The van der Waals surface area contributed by atoms with E-state index >= 15 is 0 Å². The molecule has 0 spiro atoms. The highest BCUT2D eigenvalue weighted by Crippen LogP contribution is 2.25. The van der Waals surface area contributed by atoms with E-state index in [1.807, 2.05) is 13.8 Å². The molecule has 7 nitrogen and oxygen atoms in total. The van der Waals surface area contributed by atoms with Crippen LogP contribution in [0.1, 0.15) is 58.8 Å². The van der Waals surface area contributed by atoms with Crippen LogP contribution < -0.4 is 10.6 Å². The summed E-state index contributed by atoms with van der Waals surface area (Å²) in [5.74, 6) is -1.54. The normalized spacial score (nSPS) is 22.3. The zero-order chi connectivity index (χ0) is 23.3. The predicted octanol–water partition coefficient (Wildman–Crippen LogP) is 2.82. The SMILES string of the molecule is CC[C@@H](C)[C@H](NC(=O)[C@H]1CCCN(S(=O)(=O)c2ccc(F)cc2)C1)C(=O)NC1CCCC1. The molecule has 1 aromatic rings. The molecule has 1 aliphatic carbocycles. The Labute approximate surface area is 190 Å². The molecule has 0 unspecified atom stereocenters. The van der Waals surface area contributed by atoms with E-state index in [1.54, 1.807) is 0 Å². The fraction of sp³-hybridized carbons (Fsp3) is 0.652. The van der Waals surface area contributed by atoms with Gasteiger partial charge in [-0.1, -0.05) is 33.1 Å². The molecule has 2 amide bonds. The first-order valence-electron chi connectivity index (χ1n) is 11.6. The number of sulfonamides is 1. The number of nitrogens with one attached hydrogen (secondary N) is 2. The first-order valence-corrected chi connectivity index (χ1v) is 13.0. The van der Waals surface area contributed by atoms with Crippen molar-refractivity contribution in [3.05, 3.63) is 30.1 Å². The highest BCUT2D eigenvalue weighted by Gasteiger charge is 2.36. The minimum absolute atomic E-state index is 0.00776. The van der Waals surface area contributed by atoms with Crippen LogP contribution in [0.2, 0.25) is 0 Å². The molecule has 1 aromatic carbocycles. The smallest absolute Gasteiger partial charge is 0.243 e. The number of halogens is 1. The molecule has 3 rings (SSSR count). The molecule has 0 aromatic heterocycles. The lowest BCUT2D eigenvalue weighted by Gasteiger charge is -2.33. The van der Waals surface area contributed by atoms with Gasteiger partial charge in [0.25, 0.3) is 0 Å². The third-order valence-corrected chi connectivity index (χ3v) is 8.58. The Hall–Kier alpha value is -2.00. The molecular formula is C23H34FN3O4S. The van der Waals surface area contributed by atoms with Crippen LogP contribution in [-0.2, 0) is 19.6 Å². The molecule has 2 N–H and O–H groups in total. The van der Waals surface area contributed by atoms with Gasteiger partial charge in [0.15, 0.2) is 0 Å². The van der Waals surface area contributed by atoms with Crippen molar-refractivity contribution in [2.45, 2.75) is 75.8 Å². The van der Waals surface area contributed by atoms with Gasteiger partial charge in [-0.25, -0.2) is 12.8 Å². The van der Waals surface area contributed by atoms with Crippen molar-refractivity contribution >= 4 is 21.8 Å². The molecule has 1 saturated heterocycles. The second kappa shape index (κ2) is 10.7. The van der Waals surface area contributed by atoms with Crippen LogP contribution in [0.5, 0.6) is 0 Å². The Morgan fingerprint density at radius 3 is 2.41 bits per heavy atom. The van der Waals surface area contributed by atoms with E-state index in [-0.39, 0.29) is 35.2 Å². The van der Waals surface area contributed by atoms with Crippen LogP contribution in [0.15, 0.2) is 29.2 Å². The van der Waals surface area contributed by atoms with Crippen molar-refractivity contribution in [1.82, 2.24) is 14.9 Å². The van der Waals surface area contributed by atoms with Crippen LogP contribution in [0.25, 0.3) is 0 Å². The van der Waals surface area contributed by atoms with Gasteiger partial charge in [0, 0.05) is 19.1 Å². The Kier molecular flexibility index (Phi) is 8.27. The lowest BCUT2D eigenvalue weighted by molar-refractivity contribution is -0.133. The number of carbonyl (C=O) groups excluding carboxylic acids is 2. The summed E-state index contributed by atoms with van der Waals surface area (Å²) in [7, 11) is -3.82. The molecule has 2 aliphatic rings. The molecule has 1 saturated carbocycles. The molecular weight excluding hydrogens is 433 g/mol. The van der Waals surface area contributed by atoms with Crippen molar-refractivity contribution < 1.29 is 22.4 Å². The van der Waals surface area contributed by atoms with Crippen LogP contribution >= 0.6 is 0 Å². The van der Waals surface area contributed by atoms with Gasteiger partial charge in [0.2, 0.25) is 21.8 Å². The molecule has 3 atom stereocenters. The minimum Gasteiger partial charge on any atom is -0.352 e. The van der Waals surface area contributed by atoms with Crippen molar-refractivity contribution in [1.29, 1.82) is 0 Å². The van der Waals surface area contributed by atoms with Gasteiger partial charge >= 0.3 is 0 Å². The summed E-state index contributed by atoms with van der Waals surface area (Å²) in [5, 5.41) is 5.98. The van der Waals surface area contributed by atoms with Gasteiger partial charge < -0.3 is 10.6 Å². The topological polar surface area (TPSA) is 95.6 Å². The summed E-state index contributed by atoms with van der Waals surface area (Å²) < 4.78 is 40.4. The zero-order valence-electron chi connectivity index (χ0n) is 18.8. The number of nitrogens with zero attached hydrogens (tertiary/aromatic N) is 1. The third-order valence-electron chi connectivity index (χ3n) is 6.70. The van der Waals surface area contributed by atoms with Crippen molar-refractivity contribution in [2.24, 2.45) is 11.8 Å². The number of benzene rings is 1. The predicted molar refractivity (Wildman–Crippen MR) is 120 cm³/mol. The molecule has 32 heavy (non-hydrogen) atoms. The van der Waals surface area contributed by atoms with Crippen LogP contribution in [0.3, 0.4) is 0 Å². The van der Waals surface area contributed by atoms with Crippen LogP contribution in [0.4, 0.5) is 4.39 Å². The molecule has 2 fully saturated rings. The zero-order valence-corrected chi connectivity index (χ0v) is 19.7.